The van der Waals surface area contributed by atoms with Gasteiger partial charge in [0.1, 0.15) is 0 Å². The molecule has 0 amide bonds. The zero-order valence-electron chi connectivity index (χ0n) is 12.7. The maximum absolute atomic E-state index is 5.93. The van der Waals surface area contributed by atoms with Gasteiger partial charge in [-0.15, -0.1) is 0 Å². The third-order valence-electron chi connectivity index (χ3n) is 4.18. The van der Waals surface area contributed by atoms with Gasteiger partial charge < -0.3 is 14.8 Å². The average Bonchev–Trinajstić information content (AvgIpc) is 2.50. The average molecular weight is 277 g/mol. The molecule has 1 aromatic carbocycles. The van der Waals surface area contributed by atoms with Gasteiger partial charge in [-0.05, 0) is 51.3 Å². The molecule has 0 saturated heterocycles. The highest BCUT2D eigenvalue weighted by Gasteiger charge is 2.23. The van der Waals surface area contributed by atoms with Gasteiger partial charge in [0.2, 0.25) is 0 Å². The Kier molecular flexibility index (Phi) is 6.19. The topological polar surface area (TPSA) is 30.5 Å². The molecule has 0 heterocycles. The van der Waals surface area contributed by atoms with Crippen LogP contribution in [0.25, 0.3) is 0 Å². The first-order chi connectivity index (χ1) is 9.85. The maximum Gasteiger partial charge on any atom is 0.161 e. The van der Waals surface area contributed by atoms with Crippen LogP contribution in [0, 0.1) is 5.92 Å². The lowest BCUT2D eigenvalue weighted by Crippen LogP contribution is -2.36. The van der Waals surface area contributed by atoms with Crippen molar-refractivity contribution in [2.45, 2.75) is 45.1 Å². The molecule has 2 atom stereocenters. The second kappa shape index (κ2) is 8.15. The van der Waals surface area contributed by atoms with Gasteiger partial charge in [-0.25, -0.2) is 0 Å². The Hall–Kier alpha value is -1.22. The molecule has 1 fully saturated rings. The highest BCUT2D eigenvalue weighted by Crippen LogP contribution is 2.29. The van der Waals surface area contributed by atoms with Crippen LogP contribution in [0.4, 0.5) is 0 Å². The summed E-state index contributed by atoms with van der Waals surface area (Å²) in [5.41, 5.74) is 0. The smallest absolute Gasteiger partial charge is 0.161 e. The molecular formula is C17H27NO2. The summed E-state index contributed by atoms with van der Waals surface area (Å²) in [7, 11) is 2.08. The lowest BCUT2D eigenvalue weighted by molar-refractivity contribution is 0.204. The summed E-state index contributed by atoms with van der Waals surface area (Å²) in [6.07, 6.45) is 6.46. The highest BCUT2D eigenvalue weighted by atomic mass is 16.5. The first-order valence-corrected chi connectivity index (χ1v) is 7.87. The molecule has 3 nitrogen and oxygen atoms in total. The van der Waals surface area contributed by atoms with E-state index in [4.69, 9.17) is 9.47 Å². The number of hydrogen-bond donors (Lipinski definition) is 1. The van der Waals surface area contributed by atoms with Gasteiger partial charge in [0.05, 0.1) is 13.2 Å². The summed E-state index contributed by atoms with van der Waals surface area (Å²) in [5, 5.41) is 3.45. The number of benzene rings is 1. The van der Waals surface area contributed by atoms with Crippen molar-refractivity contribution >= 4 is 0 Å². The SMILES string of the molecule is CCOc1ccccc1OCCC1CCCCC1NC. The van der Waals surface area contributed by atoms with Crippen LogP contribution in [0.2, 0.25) is 0 Å². The predicted molar refractivity (Wildman–Crippen MR) is 82.5 cm³/mol. The minimum Gasteiger partial charge on any atom is -0.490 e. The Bertz CT molecular complexity index is 394. The fraction of sp³-hybridized carbons (Fsp3) is 0.647. The third-order valence-corrected chi connectivity index (χ3v) is 4.18. The van der Waals surface area contributed by atoms with E-state index in [1.807, 2.05) is 31.2 Å². The number of ether oxygens (including phenoxy) is 2. The van der Waals surface area contributed by atoms with Gasteiger partial charge in [0, 0.05) is 6.04 Å². The van der Waals surface area contributed by atoms with Crippen molar-refractivity contribution < 1.29 is 9.47 Å². The van der Waals surface area contributed by atoms with Gasteiger partial charge in [-0.3, -0.25) is 0 Å². The van der Waals surface area contributed by atoms with Crippen LogP contribution in [0.5, 0.6) is 11.5 Å². The molecule has 1 N–H and O–H groups in total. The summed E-state index contributed by atoms with van der Waals surface area (Å²) >= 11 is 0. The minimum atomic E-state index is 0.662. The second-order valence-electron chi connectivity index (χ2n) is 5.46. The van der Waals surface area contributed by atoms with Crippen molar-refractivity contribution in [1.29, 1.82) is 0 Å². The van der Waals surface area contributed by atoms with E-state index in [1.165, 1.54) is 25.7 Å². The zero-order valence-corrected chi connectivity index (χ0v) is 12.7. The molecule has 112 valence electrons. The first-order valence-electron chi connectivity index (χ1n) is 7.87. The summed E-state index contributed by atoms with van der Waals surface area (Å²) < 4.78 is 11.5. The van der Waals surface area contributed by atoms with Gasteiger partial charge in [0.15, 0.2) is 11.5 Å². The van der Waals surface area contributed by atoms with E-state index in [1.54, 1.807) is 0 Å². The van der Waals surface area contributed by atoms with E-state index in [0.717, 1.165) is 30.4 Å². The molecule has 0 bridgehead atoms. The van der Waals surface area contributed by atoms with Gasteiger partial charge >= 0.3 is 0 Å². The van der Waals surface area contributed by atoms with E-state index in [9.17, 15) is 0 Å². The molecule has 0 spiro atoms. The summed E-state index contributed by atoms with van der Waals surface area (Å²) in [5.74, 6) is 2.46. The second-order valence-corrected chi connectivity index (χ2v) is 5.46. The van der Waals surface area contributed by atoms with Crippen molar-refractivity contribution in [2.24, 2.45) is 5.92 Å². The third kappa shape index (κ3) is 4.14. The number of rotatable bonds is 7. The molecule has 2 rings (SSSR count). The standard InChI is InChI=1S/C17H27NO2/c1-3-19-16-10-6-7-11-17(16)20-13-12-14-8-4-5-9-15(14)18-2/h6-7,10-11,14-15,18H,3-5,8-9,12-13H2,1-2H3. The molecular weight excluding hydrogens is 250 g/mol. The first kappa shape index (κ1) is 15.2. The number of nitrogens with one attached hydrogen (secondary N) is 1. The lowest BCUT2D eigenvalue weighted by atomic mass is 9.83. The van der Waals surface area contributed by atoms with Crippen LogP contribution < -0.4 is 14.8 Å². The Labute approximate surface area is 122 Å². The van der Waals surface area contributed by atoms with E-state index in [-0.39, 0.29) is 0 Å². The van der Waals surface area contributed by atoms with Crippen molar-refractivity contribution in [3.8, 4) is 11.5 Å². The molecule has 0 radical (unpaired) electrons. The molecule has 0 aromatic heterocycles. The van der Waals surface area contributed by atoms with E-state index in [2.05, 4.69) is 12.4 Å². The molecule has 1 aliphatic carbocycles. The Balaban J connectivity index is 1.83. The zero-order chi connectivity index (χ0) is 14.2. The summed E-state index contributed by atoms with van der Waals surface area (Å²) in [6, 6.07) is 8.59. The normalized spacial score (nSPS) is 22.5. The summed E-state index contributed by atoms with van der Waals surface area (Å²) in [4.78, 5) is 0. The molecule has 1 aromatic rings. The largest absolute Gasteiger partial charge is 0.490 e. The Morgan fingerprint density at radius 1 is 1.10 bits per heavy atom. The molecule has 2 unspecified atom stereocenters. The van der Waals surface area contributed by atoms with E-state index >= 15 is 0 Å². The number of para-hydroxylation sites is 2. The highest BCUT2D eigenvalue weighted by molar-refractivity contribution is 5.39. The molecule has 3 heteroatoms. The molecule has 1 saturated carbocycles. The van der Waals surface area contributed by atoms with Crippen LogP contribution in [0.3, 0.4) is 0 Å². The molecule has 1 aliphatic rings. The van der Waals surface area contributed by atoms with Crippen LogP contribution in [0.1, 0.15) is 39.0 Å². The lowest BCUT2D eigenvalue weighted by Gasteiger charge is -2.31. The van der Waals surface area contributed by atoms with E-state index < -0.39 is 0 Å². The van der Waals surface area contributed by atoms with E-state index in [0.29, 0.717) is 12.6 Å². The van der Waals surface area contributed by atoms with Crippen LogP contribution in [0.15, 0.2) is 24.3 Å². The van der Waals surface area contributed by atoms with Crippen LogP contribution in [-0.4, -0.2) is 26.3 Å². The predicted octanol–water partition coefficient (Wildman–Crippen LogP) is 3.63. The molecule has 0 aliphatic heterocycles. The van der Waals surface area contributed by atoms with Crippen molar-refractivity contribution in [1.82, 2.24) is 5.32 Å². The maximum atomic E-state index is 5.93. The summed E-state index contributed by atoms with van der Waals surface area (Å²) in [6.45, 7) is 3.44. The fourth-order valence-corrected chi connectivity index (χ4v) is 3.10. The monoisotopic (exact) mass is 277 g/mol. The quantitative estimate of drug-likeness (QED) is 0.825. The van der Waals surface area contributed by atoms with Crippen molar-refractivity contribution in [3.05, 3.63) is 24.3 Å². The fourth-order valence-electron chi connectivity index (χ4n) is 3.10. The molecule has 20 heavy (non-hydrogen) atoms. The minimum absolute atomic E-state index is 0.662. The van der Waals surface area contributed by atoms with Crippen LogP contribution in [-0.2, 0) is 0 Å². The Morgan fingerprint density at radius 3 is 2.50 bits per heavy atom. The van der Waals surface area contributed by atoms with Crippen LogP contribution >= 0.6 is 0 Å². The van der Waals surface area contributed by atoms with Gasteiger partial charge in [-0.2, -0.15) is 0 Å². The Morgan fingerprint density at radius 2 is 1.80 bits per heavy atom. The van der Waals surface area contributed by atoms with Crippen molar-refractivity contribution in [2.75, 3.05) is 20.3 Å². The van der Waals surface area contributed by atoms with Gasteiger partial charge in [-0.1, -0.05) is 25.0 Å². The van der Waals surface area contributed by atoms with Crippen molar-refractivity contribution in [3.63, 3.8) is 0 Å². The number of hydrogen-bond acceptors (Lipinski definition) is 3. The van der Waals surface area contributed by atoms with Gasteiger partial charge in [0.25, 0.3) is 0 Å².